The lowest BCUT2D eigenvalue weighted by atomic mass is 10.3. The van der Waals surface area contributed by atoms with Crippen LogP contribution in [-0.2, 0) is 14.3 Å². The number of nitrogens with one attached hydrogen (secondary N) is 1. The highest BCUT2D eigenvalue weighted by Crippen LogP contribution is 2.33. The number of nitrogens with zero attached hydrogens (tertiary/aromatic N) is 1. The van der Waals surface area contributed by atoms with Gasteiger partial charge >= 0.3 is 5.97 Å². The molecule has 10 heteroatoms. The van der Waals surface area contributed by atoms with Gasteiger partial charge in [-0.05, 0) is 18.2 Å². The van der Waals surface area contributed by atoms with Crippen molar-refractivity contribution in [3.63, 3.8) is 0 Å². The first-order valence-electron chi connectivity index (χ1n) is 6.69. The maximum absolute atomic E-state index is 11.7. The van der Waals surface area contributed by atoms with Gasteiger partial charge in [-0.1, -0.05) is 46.4 Å². The van der Waals surface area contributed by atoms with Crippen LogP contribution in [0.4, 0.5) is 5.82 Å². The zero-order valence-corrected chi connectivity index (χ0v) is 15.4. The molecule has 0 aliphatic rings. The van der Waals surface area contributed by atoms with E-state index in [2.05, 4.69) is 10.3 Å². The van der Waals surface area contributed by atoms with Gasteiger partial charge in [-0.3, -0.25) is 4.79 Å². The molecule has 0 saturated carbocycles. The molecule has 0 aliphatic carbocycles. The van der Waals surface area contributed by atoms with Gasteiger partial charge in [0.1, 0.15) is 11.6 Å². The van der Waals surface area contributed by atoms with Gasteiger partial charge in [0.2, 0.25) is 0 Å². The lowest BCUT2D eigenvalue weighted by Crippen LogP contribution is -2.24. The second-order valence-corrected chi connectivity index (χ2v) is 6.21. The van der Waals surface area contributed by atoms with E-state index < -0.39 is 25.1 Å². The van der Waals surface area contributed by atoms with Crippen molar-refractivity contribution >= 4 is 64.1 Å². The normalized spacial score (nSPS) is 10.2. The molecule has 2 rings (SSSR count). The smallest absolute Gasteiger partial charge is 0.344 e. The van der Waals surface area contributed by atoms with Crippen molar-refractivity contribution in [2.45, 2.75) is 0 Å². The van der Waals surface area contributed by atoms with Crippen molar-refractivity contribution in [3.05, 3.63) is 50.6 Å². The number of ether oxygens (including phenoxy) is 2. The number of carbonyl (C=O) groups is 2. The van der Waals surface area contributed by atoms with E-state index >= 15 is 0 Å². The largest absolute Gasteiger partial charge is 0.480 e. The van der Waals surface area contributed by atoms with Crippen LogP contribution in [0, 0.1) is 0 Å². The zero-order valence-electron chi connectivity index (χ0n) is 12.4. The van der Waals surface area contributed by atoms with Crippen LogP contribution in [0.1, 0.15) is 0 Å². The molecule has 1 aromatic heterocycles. The summed E-state index contributed by atoms with van der Waals surface area (Å²) in [6.45, 7) is -0.953. The molecular formula is C15H10Cl4N2O4. The molecular weight excluding hydrogens is 414 g/mol. The Morgan fingerprint density at radius 1 is 1.00 bits per heavy atom. The van der Waals surface area contributed by atoms with Gasteiger partial charge in [-0.2, -0.15) is 0 Å². The summed E-state index contributed by atoms with van der Waals surface area (Å²) in [6, 6.07) is 5.83. The highest BCUT2D eigenvalue weighted by molar-refractivity contribution is 6.43. The van der Waals surface area contributed by atoms with E-state index in [1.54, 1.807) is 6.07 Å². The Morgan fingerprint density at radius 2 is 1.72 bits per heavy atom. The quantitative estimate of drug-likeness (QED) is 0.554. The number of hydrogen-bond acceptors (Lipinski definition) is 5. The molecule has 0 radical (unpaired) electrons. The molecule has 0 atom stereocenters. The third kappa shape index (κ3) is 6.25. The molecule has 0 fully saturated rings. The van der Waals surface area contributed by atoms with Gasteiger partial charge < -0.3 is 14.8 Å². The molecule has 132 valence electrons. The van der Waals surface area contributed by atoms with Gasteiger partial charge in [-0.15, -0.1) is 0 Å². The molecule has 25 heavy (non-hydrogen) atoms. The third-order valence-electron chi connectivity index (χ3n) is 2.68. The average Bonchev–Trinajstić information content (AvgIpc) is 2.57. The first kappa shape index (κ1) is 19.6. The zero-order chi connectivity index (χ0) is 18.4. The van der Waals surface area contributed by atoms with Gasteiger partial charge in [-0.25, -0.2) is 9.78 Å². The summed E-state index contributed by atoms with van der Waals surface area (Å²) in [7, 11) is 0. The Morgan fingerprint density at radius 3 is 2.40 bits per heavy atom. The van der Waals surface area contributed by atoms with E-state index in [-0.39, 0.29) is 26.6 Å². The standard InChI is InChI=1S/C15H10Cl4N2O4/c16-8-1-2-13(20-5-8)21-14(22)6-25-15(23)7-24-12-4-10(18)9(17)3-11(12)19/h1-5H,6-7H2,(H,20,21,22). The van der Waals surface area contributed by atoms with Crippen LogP contribution < -0.4 is 10.1 Å². The van der Waals surface area contributed by atoms with Gasteiger partial charge in [0.25, 0.3) is 5.91 Å². The number of anilines is 1. The fraction of sp³-hybridized carbons (Fsp3) is 0.133. The average molecular weight is 424 g/mol. The maximum Gasteiger partial charge on any atom is 0.344 e. The number of amides is 1. The van der Waals surface area contributed by atoms with Crippen molar-refractivity contribution in [1.82, 2.24) is 4.98 Å². The SMILES string of the molecule is O=C(COC(=O)COc1cc(Cl)c(Cl)cc1Cl)Nc1ccc(Cl)cn1. The van der Waals surface area contributed by atoms with E-state index in [0.29, 0.717) is 5.02 Å². The number of carbonyl (C=O) groups excluding carboxylic acids is 2. The molecule has 0 unspecified atom stereocenters. The number of halogens is 4. The molecule has 1 N–H and O–H groups in total. The Balaban J connectivity index is 1.78. The molecule has 0 spiro atoms. The summed E-state index contributed by atoms with van der Waals surface area (Å²) in [5, 5.41) is 3.55. The fourth-order valence-corrected chi connectivity index (χ4v) is 2.27. The van der Waals surface area contributed by atoms with Crippen molar-refractivity contribution in [2.24, 2.45) is 0 Å². The van der Waals surface area contributed by atoms with Gasteiger partial charge in [0.15, 0.2) is 13.2 Å². The van der Waals surface area contributed by atoms with Crippen LogP contribution in [0.3, 0.4) is 0 Å². The van der Waals surface area contributed by atoms with Crippen LogP contribution in [0.25, 0.3) is 0 Å². The maximum atomic E-state index is 11.7. The van der Waals surface area contributed by atoms with Crippen molar-refractivity contribution < 1.29 is 19.1 Å². The van der Waals surface area contributed by atoms with E-state index in [4.69, 9.17) is 55.9 Å². The van der Waals surface area contributed by atoms with Crippen LogP contribution in [0.2, 0.25) is 20.1 Å². The van der Waals surface area contributed by atoms with E-state index in [0.717, 1.165) is 0 Å². The number of esters is 1. The minimum Gasteiger partial charge on any atom is -0.480 e. The first-order valence-corrected chi connectivity index (χ1v) is 8.20. The van der Waals surface area contributed by atoms with Crippen LogP contribution in [-0.4, -0.2) is 30.1 Å². The van der Waals surface area contributed by atoms with Crippen molar-refractivity contribution in [3.8, 4) is 5.75 Å². The Labute approximate surface area is 162 Å². The van der Waals surface area contributed by atoms with Crippen molar-refractivity contribution in [2.75, 3.05) is 18.5 Å². The number of pyridine rings is 1. The third-order valence-corrected chi connectivity index (χ3v) is 3.92. The summed E-state index contributed by atoms with van der Waals surface area (Å²) in [4.78, 5) is 27.2. The first-order chi connectivity index (χ1) is 11.8. The molecule has 0 saturated heterocycles. The molecule has 1 heterocycles. The number of aromatic nitrogens is 1. The summed E-state index contributed by atoms with van der Waals surface area (Å²) >= 11 is 23.2. The molecule has 2 aromatic rings. The number of hydrogen-bond donors (Lipinski definition) is 1. The monoisotopic (exact) mass is 422 g/mol. The molecule has 1 aromatic carbocycles. The predicted octanol–water partition coefficient (Wildman–Crippen LogP) is 4.26. The van der Waals surface area contributed by atoms with Crippen LogP contribution in [0.5, 0.6) is 5.75 Å². The second-order valence-electron chi connectivity index (χ2n) is 4.56. The lowest BCUT2D eigenvalue weighted by Gasteiger charge is -2.09. The van der Waals surface area contributed by atoms with E-state index in [1.165, 1.54) is 24.4 Å². The fourth-order valence-electron chi connectivity index (χ4n) is 1.57. The topological polar surface area (TPSA) is 77.5 Å². The number of rotatable bonds is 6. The van der Waals surface area contributed by atoms with E-state index in [9.17, 15) is 9.59 Å². The Bertz CT molecular complexity index is 784. The number of benzene rings is 1. The van der Waals surface area contributed by atoms with Crippen LogP contribution in [0.15, 0.2) is 30.5 Å². The minimum atomic E-state index is -0.763. The van der Waals surface area contributed by atoms with E-state index in [1.807, 2.05) is 0 Å². The van der Waals surface area contributed by atoms with Crippen LogP contribution >= 0.6 is 46.4 Å². The summed E-state index contributed by atoms with van der Waals surface area (Å²) < 4.78 is 9.97. The summed E-state index contributed by atoms with van der Waals surface area (Å²) in [5.74, 6) is -0.871. The molecule has 1 amide bonds. The minimum absolute atomic E-state index is 0.169. The lowest BCUT2D eigenvalue weighted by molar-refractivity contribution is -0.149. The summed E-state index contributed by atoms with van der Waals surface area (Å²) in [5.41, 5.74) is 0. The second kappa shape index (κ2) is 9.10. The highest BCUT2D eigenvalue weighted by atomic mass is 35.5. The van der Waals surface area contributed by atoms with Gasteiger partial charge in [0, 0.05) is 12.3 Å². The Hall–Kier alpha value is -1.73. The highest BCUT2D eigenvalue weighted by Gasteiger charge is 2.12. The molecule has 0 bridgehead atoms. The molecule has 6 nitrogen and oxygen atoms in total. The summed E-state index contributed by atoms with van der Waals surface area (Å²) in [6.07, 6.45) is 1.37. The van der Waals surface area contributed by atoms with Gasteiger partial charge in [0.05, 0.1) is 20.1 Å². The molecule has 0 aliphatic heterocycles. The predicted molar refractivity (Wildman–Crippen MR) is 95.8 cm³/mol. The van der Waals surface area contributed by atoms with Crippen molar-refractivity contribution in [1.29, 1.82) is 0 Å². The Kier molecular flexibility index (Phi) is 7.13.